The van der Waals surface area contributed by atoms with E-state index in [2.05, 4.69) is 10.6 Å². The van der Waals surface area contributed by atoms with Gasteiger partial charge in [-0.1, -0.05) is 12.1 Å². The van der Waals surface area contributed by atoms with Crippen molar-refractivity contribution in [3.8, 4) is 5.75 Å². The summed E-state index contributed by atoms with van der Waals surface area (Å²) in [6.07, 6.45) is 4.77. The van der Waals surface area contributed by atoms with Gasteiger partial charge in [-0.3, -0.25) is 0 Å². The number of aliphatic hydroxyl groups excluding tert-OH is 1. The minimum absolute atomic E-state index is 0.0649. The third kappa shape index (κ3) is 4.38. The molecule has 0 bridgehead atoms. The number of carbonyl (C=O) groups is 1. The molecule has 0 heterocycles. The van der Waals surface area contributed by atoms with Gasteiger partial charge in [0, 0.05) is 6.54 Å². The zero-order valence-electron chi connectivity index (χ0n) is 13.6. The molecule has 2 fully saturated rings. The van der Waals surface area contributed by atoms with E-state index in [0.29, 0.717) is 18.4 Å². The van der Waals surface area contributed by atoms with Crippen molar-refractivity contribution < 1.29 is 14.6 Å². The lowest BCUT2D eigenvalue weighted by atomic mass is 10.0. The number of benzene rings is 1. The van der Waals surface area contributed by atoms with Crippen LogP contribution in [0.4, 0.5) is 4.79 Å². The molecule has 0 aliphatic heterocycles. The van der Waals surface area contributed by atoms with Gasteiger partial charge >= 0.3 is 6.03 Å². The number of nitrogens with one attached hydrogen (secondary N) is 2. The molecular formula is C18H26N2O3. The molecule has 0 saturated heterocycles. The first-order chi connectivity index (χ1) is 11.2. The van der Waals surface area contributed by atoms with Crippen molar-refractivity contribution in [2.45, 2.75) is 44.2 Å². The van der Waals surface area contributed by atoms with Crippen LogP contribution in [0.15, 0.2) is 24.3 Å². The molecule has 2 aliphatic carbocycles. The maximum absolute atomic E-state index is 12.2. The Morgan fingerprint density at radius 3 is 2.57 bits per heavy atom. The summed E-state index contributed by atoms with van der Waals surface area (Å²) in [6.45, 7) is 0.642. The Kier molecular flexibility index (Phi) is 5.06. The zero-order valence-corrected chi connectivity index (χ0v) is 13.6. The number of aliphatic hydroxyl groups is 1. The first-order valence-corrected chi connectivity index (χ1v) is 8.52. The van der Waals surface area contributed by atoms with Crippen LogP contribution in [-0.4, -0.2) is 30.9 Å². The van der Waals surface area contributed by atoms with Crippen molar-refractivity contribution >= 4 is 6.03 Å². The molecule has 3 atom stereocenters. The zero-order chi connectivity index (χ0) is 16.2. The van der Waals surface area contributed by atoms with Gasteiger partial charge in [-0.15, -0.1) is 0 Å². The Bertz CT molecular complexity index is 528. The van der Waals surface area contributed by atoms with E-state index in [4.69, 9.17) is 4.74 Å². The fraction of sp³-hybridized carbons (Fsp3) is 0.611. The average Bonchev–Trinajstić information content (AvgIpc) is 3.32. The Hall–Kier alpha value is -1.75. The summed E-state index contributed by atoms with van der Waals surface area (Å²) in [7, 11) is 1.65. The second kappa shape index (κ2) is 7.21. The Morgan fingerprint density at radius 2 is 2.00 bits per heavy atom. The second-order valence-corrected chi connectivity index (χ2v) is 6.78. The highest BCUT2D eigenvalue weighted by Crippen LogP contribution is 2.41. The Morgan fingerprint density at radius 1 is 1.26 bits per heavy atom. The summed E-state index contributed by atoms with van der Waals surface area (Å²) >= 11 is 0. The Labute approximate surface area is 137 Å². The molecule has 126 valence electrons. The summed E-state index contributed by atoms with van der Waals surface area (Å²) in [6, 6.07) is 7.87. The lowest BCUT2D eigenvalue weighted by molar-refractivity contribution is 0.177. The lowest BCUT2D eigenvalue weighted by Gasteiger charge is -2.20. The first-order valence-electron chi connectivity index (χ1n) is 8.52. The van der Waals surface area contributed by atoms with Crippen molar-refractivity contribution in [1.29, 1.82) is 0 Å². The maximum atomic E-state index is 12.2. The molecule has 23 heavy (non-hydrogen) atoms. The van der Waals surface area contributed by atoms with Crippen LogP contribution >= 0.6 is 0 Å². The van der Waals surface area contributed by atoms with Crippen LogP contribution in [0.25, 0.3) is 0 Å². The Balaban J connectivity index is 1.53. The van der Waals surface area contributed by atoms with E-state index >= 15 is 0 Å². The summed E-state index contributed by atoms with van der Waals surface area (Å²) in [5.74, 6) is 1.76. The van der Waals surface area contributed by atoms with Crippen LogP contribution < -0.4 is 15.4 Å². The molecular weight excluding hydrogens is 292 g/mol. The highest BCUT2D eigenvalue weighted by atomic mass is 16.5. The van der Waals surface area contributed by atoms with Crippen molar-refractivity contribution in [2.24, 2.45) is 11.8 Å². The van der Waals surface area contributed by atoms with Gasteiger partial charge in [0.05, 0.1) is 19.3 Å². The largest absolute Gasteiger partial charge is 0.497 e. The van der Waals surface area contributed by atoms with E-state index in [0.717, 1.165) is 43.4 Å². The van der Waals surface area contributed by atoms with E-state index in [1.54, 1.807) is 7.11 Å². The smallest absolute Gasteiger partial charge is 0.315 e. The number of urea groups is 1. The second-order valence-electron chi connectivity index (χ2n) is 6.78. The highest BCUT2D eigenvalue weighted by Gasteiger charge is 2.33. The standard InChI is InChI=1S/C18H26N2O3/c1-23-16-8-5-14(6-9-16)17(13-3-4-13)20-18(22)19-11-12-2-7-15(21)10-12/h5-6,8-9,12-13,15,17,21H,2-4,7,10-11H2,1H3,(H2,19,20,22)/t12-,15-,17+/m0/s1. The number of ether oxygens (including phenoxy) is 1. The lowest BCUT2D eigenvalue weighted by Crippen LogP contribution is -2.40. The fourth-order valence-electron chi connectivity index (χ4n) is 3.38. The van der Waals surface area contributed by atoms with Gasteiger partial charge in [0.15, 0.2) is 0 Å². The normalized spacial score (nSPS) is 25.0. The molecule has 3 N–H and O–H groups in total. The summed E-state index contributed by atoms with van der Waals surface area (Å²) in [5, 5.41) is 15.6. The first kappa shape index (κ1) is 16.1. The van der Waals surface area contributed by atoms with Crippen molar-refractivity contribution in [1.82, 2.24) is 10.6 Å². The van der Waals surface area contributed by atoms with E-state index in [9.17, 15) is 9.90 Å². The molecule has 5 nitrogen and oxygen atoms in total. The molecule has 5 heteroatoms. The summed E-state index contributed by atoms with van der Waals surface area (Å²) in [4.78, 5) is 12.2. The van der Waals surface area contributed by atoms with Crippen molar-refractivity contribution in [3.63, 3.8) is 0 Å². The summed E-state index contributed by atoms with van der Waals surface area (Å²) < 4.78 is 5.19. The van der Waals surface area contributed by atoms with Gasteiger partial charge in [0.1, 0.15) is 5.75 Å². The monoisotopic (exact) mass is 318 g/mol. The van der Waals surface area contributed by atoms with Gasteiger partial charge in [0.25, 0.3) is 0 Å². The molecule has 0 spiro atoms. The van der Waals surface area contributed by atoms with Crippen molar-refractivity contribution in [3.05, 3.63) is 29.8 Å². The topological polar surface area (TPSA) is 70.6 Å². The fourth-order valence-corrected chi connectivity index (χ4v) is 3.38. The molecule has 3 rings (SSSR count). The van der Waals surface area contributed by atoms with Crippen LogP contribution in [0.1, 0.15) is 43.7 Å². The molecule has 0 aromatic heterocycles. The third-order valence-electron chi connectivity index (χ3n) is 4.92. The number of rotatable bonds is 6. The van der Waals surface area contributed by atoms with Gasteiger partial charge in [0.2, 0.25) is 0 Å². The van der Waals surface area contributed by atoms with E-state index in [-0.39, 0.29) is 18.2 Å². The molecule has 1 aromatic rings. The van der Waals surface area contributed by atoms with Crippen LogP contribution in [-0.2, 0) is 0 Å². The predicted molar refractivity (Wildman–Crippen MR) is 88.3 cm³/mol. The van der Waals surface area contributed by atoms with Crippen LogP contribution in [0, 0.1) is 11.8 Å². The molecule has 0 unspecified atom stereocenters. The van der Waals surface area contributed by atoms with E-state index in [1.165, 1.54) is 0 Å². The van der Waals surface area contributed by atoms with Gasteiger partial charge < -0.3 is 20.5 Å². The number of amides is 2. The average molecular weight is 318 g/mol. The SMILES string of the molecule is COc1ccc([C@H](NC(=O)NC[C@H]2CC[C@H](O)C2)C2CC2)cc1. The molecule has 2 saturated carbocycles. The van der Waals surface area contributed by atoms with Crippen LogP contribution in [0.5, 0.6) is 5.75 Å². The molecule has 2 aliphatic rings. The third-order valence-corrected chi connectivity index (χ3v) is 4.92. The van der Waals surface area contributed by atoms with Gasteiger partial charge in [-0.25, -0.2) is 4.79 Å². The molecule has 1 aromatic carbocycles. The number of carbonyl (C=O) groups excluding carboxylic acids is 1. The quantitative estimate of drug-likeness (QED) is 0.755. The van der Waals surface area contributed by atoms with Crippen LogP contribution in [0.3, 0.4) is 0 Å². The predicted octanol–water partition coefficient (Wildman–Crippen LogP) is 2.61. The van der Waals surface area contributed by atoms with Gasteiger partial charge in [-0.05, 0) is 61.6 Å². The van der Waals surface area contributed by atoms with Gasteiger partial charge in [-0.2, -0.15) is 0 Å². The maximum Gasteiger partial charge on any atom is 0.315 e. The highest BCUT2D eigenvalue weighted by molar-refractivity contribution is 5.74. The van der Waals surface area contributed by atoms with Crippen molar-refractivity contribution in [2.75, 3.05) is 13.7 Å². The minimum atomic E-state index is -0.191. The van der Waals surface area contributed by atoms with E-state index in [1.807, 2.05) is 24.3 Å². The summed E-state index contributed by atoms with van der Waals surface area (Å²) in [5.41, 5.74) is 1.12. The molecule has 2 amide bonds. The molecule has 0 radical (unpaired) electrons. The number of hydrogen-bond donors (Lipinski definition) is 3. The minimum Gasteiger partial charge on any atom is -0.497 e. The van der Waals surface area contributed by atoms with Crippen LogP contribution in [0.2, 0.25) is 0 Å². The number of hydrogen-bond acceptors (Lipinski definition) is 3. The number of methoxy groups -OCH3 is 1. The van der Waals surface area contributed by atoms with E-state index < -0.39 is 0 Å².